The Balaban J connectivity index is 2.11. The van der Waals surface area contributed by atoms with Crippen LogP contribution in [0.2, 0.25) is 0 Å². The third kappa shape index (κ3) is 1.44. The fourth-order valence-corrected chi connectivity index (χ4v) is 1.65. The zero-order chi connectivity index (χ0) is 9.31. The van der Waals surface area contributed by atoms with Crippen molar-refractivity contribution in [2.45, 2.75) is 13.3 Å². The van der Waals surface area contributed by atoms with Crippen molar-refractivity contribution in [3.8, 4) is 0 Å². The van der Waals surface area contributed by atoms with E-state index in [1.165, 1.54) is 5.56 Å². The fourth-order valence-electron chi connectivity index (χ4n) is 1.65. The number of β-lactam (4-membered cyclic amide) rings is 1. The molecule has 0 unspecified atom stereocenters. The Morgan fingerprint density at radius 1 is 1.38 bits per heavy atom. The van der Waals surface area contributed by atoms with Gasteiger partial charge in [-0.2, -0.15) is 0 Å². The summed E-state index contributed by atoms with van der Waals surface area (Å²) in [7, 11) is 0. The summed E-state index contributed by atoms with van der Waals surface area (Å²) in [5, 5.41) is 2.78. The summed E-state index contributed by atoms with van der Waals surface area (Å²) in [5.74, 6) is 0.177. The maximum atomic E-state index is 11.2. The molecule has 1 fully saturated rings. The molecule has 0 aliphatic carbocycles. The molecule has 1 saturated heterocycles. The number of hydrogen-bond acceptors (Lipinski definition) is 1. The lowest BCUT2D eigenvalue weighted by atomic mass is 9.77. The summed E-state index contributed by atoms with van der Waals surface area (Å²) < 4.78 is 0. The van der Waals surface area contributed by atoms with E-state index in [2.05, 4.69) is 17.4 Å². The Morgan fingerprint density at radius 3 is 2.54 bits per heavy atom. The number of carbonyl (C=O) groups is 1. The SMILES string of the molecule is C[C@]1(Cc2ccccc2)CNC1=O. The van der Waals surface area contributed by atoms with Crippen LogP contribution in [0, 0.1) is 5.41 Å². The van der Waals surface area contributed by atoms with Gasteiger partial charge in [-0.1, -0.05) is 30.3 Å². The highest BCUT2D eigenvalue weighted by molar-refractivity contribution is 5.88. The van der Waals surface area contributed by atoms with Crippen molar-refractivity contribution in [3.05, 3.63) is 35.9 Å². The van der Waals surface area contributed by atoms with Crippen LogP contribution in [0.25, 0.3) is 0 Å². The highest BCUT2D eigenvalue weighted by Gasteiger charge is 2.41. The maximum Gasteiger partial charge on any atom is 0.228 e. The van der Waals surface area contributed by atoms with Gasteiger partial charge in [0, 0.05) is 6.54 Å². The van der Waals surface area contributed by atoms with E-state index in [-0.39, 0.29) is 11.3 Å². The first-order chi connectivity index (χ1) is 6.21. The molecule has 2 nitrogen and oxygen atoms in total. The van der Waals surface area contributed by atoms with Gasteiger partial charge in [0.05, 0.1) is 5.41 Å². The van der Waals surface area contributed by atoms with Crippen LogP contribution < -0.4 is 5.32 Å². The zero-order valence-corrected chi connectivity index (χ0v) is 7.71. The first-order valence-corrected chi connectivity index (χ1v) is 4.53. The topological polar surface area (TPSA) is 29.1 Å². The minimum absolute atomic E-state index is 0.165. The third-order valence-corrected chi connectivity index (χ3v) is 2.62. The molecule has 0 spiro atoms. The quantitative estimate of drug-likeness (QED) is 0.676. The first-order valence-electron chi connectivity index (χ1n) is 4.53. The van der Waals surface area contributed by atoms with Crippen LogP contribution in [0.4, 0.5) is 0 Å². The van der Waals surface area contributed by atoms with Crippen LogP contribution in [-0.4, -0.2) is 12.5 Å². The first kappa shape index (κ1) is 8.30. The lowest BCUT2D eigenvalue weighted by Gasteiger charge is -2.37. The third-order valence-electron chi connectivity index (χ3n) is 2.62. The average molecular weight is 175 g/mol. The molecule has 13 heavy (non-hydrogen) atoms. The van der Waals surface area contributed by atoms with Gasteiger partial charge in [-0.05, 0) is 18.9 Å². The summed E-state index contributed by atoms with van der Waals surface area (Å²) in [6.45, 7) is 2.82. The summed E-state index contributed by atoms with van der Waals surface area (Å²) in [6.07, 6.45) is 0.847. The van der Waals surface area contributed by atoms with E-state index in [4.69, 9.17) is 0 Å². The number of nitrogens with one attached hydrogen (secondary N) is 1. The van der Waals surface area contributed by atoms with Crippen LogP contribution in [0.5, 0.6) is 0 Å². The molecule has 1 aliphatic rings. The monoisotopic (exact) mass is 175 g/mol. The van der Waals surface area contributed by atoms with Crippen LogP contribution >= 0.6 is 0 Å². The van der Waals surface area contributed by atoms with Crippen molar-refractivity contribution >= 4 is 5.91 Å². The largest absolute Gasteiger partial charge is 0.354 e. The molecule has 0 radical (unpaired) electrons. The lowest BCUT2D eigenvalue weighted by molar-refractivity contribution is -0.138. The van der Waals surface area contributed by atoms with Gasteiger partial charge in [-0.3, -0.25) is 4.79 Å². The Kier molecular flexibility index (Phi) is 1.83. The maximum absolute atomic E-state index is 11.2. The summed E-state index contributed by atoms with van der Waals surface area (Å²) >= 11 is 0. The van der Waals surface area contributed by atoms with Crippen LogP contribution in [-0.2, 0) is 11.2 Å². The Labute approximate surface area is 78.0 Å². The highest BCUT2D eigenvalue weighted by atomic mass is 16.2. The van der Waals surface area contributed by atoms with Crippen molar-refractivity contribution in [1.82, 2.24) is 5.32 Å². The van der Waals surface area contributed by atoms with Gasteiger partial charge in [0.25, 0.3) is 0 Å². The molecular formula is C11H13NO. The van der Waals surface area contributed by atoms with Crippen molar-refractivity contribution < 1.29 is 4.79 Å². The van der Waals surface area contributed by atoms with Gasteiger partial charge in [0.1, 0.15) is 0 Å². The minimum Gasteiger partial charge on any atom is -0.354 e. The molecule has 1 heterocycles. The van der Waals surface area contributed by atoms with Crippen molar-refractivity contribution in [1.29, 1.82) is 0 Å². The number of benzene rings is 1. The van der Waals surface area contributed by atoms with Crippen molar-refractivity contribution in [2.24, 2.45) is 5.41 Å². The summed E-state index contributed by atoms with van der Waals surface area (Å²) in [4.78, 5) is 11.2. The standard InChI is InChI=1S/C11H13NO/c1-11(8-12-10(11)13)7-9-5-3-2-4-6-9/h2-6H,7-8H2,1H3,(H,12,13)/t11-/m0/s1. The van der Waals surface area contributed by atoms with Gasteiger partial charge in [-0.15, -0.1) is 0 Å². The van der Waals surface area contributed by atoms with Crippen LogP contribution in [0.15, 0.2) is 30.3 Å². The van der Waals surface area contributed by atoms with E-state index in [1.807, 2.05) is 25.1 Å². The summed E-state index contributed by atoms with van der Waals surface area (Å²) in [5.41, 5.74) is 1.07. The molecule has 0 saturated carbocycles. The fraction of sp³-hybridized carbons (Fsp3) is 0.364. The number of hydrogen-bond donors (Lipinski definition) is 1. The second-order valence-electron chi connectivity index (χ2n) is 3.91. The molecule has 1 atom stereocenters. The van der Waals surface area contributed by atoms with Crippen molar-refractivity contribution in [2.75, 3.05) is 6.54 Å². The highest BCUT2D eigenvalue weighted by Crippen LogP contribution is 2.27. The van der Waals surface area contributed by atoms with E-state index >= 15 is 0 Å². The van der Waals surface area contributed by atoms with Crippen molar-refractivity contribution in [3.63, 3.8) is 0 Å². The lowest BCUT2D eigenvalue weighted by Crippen LogP contribution is -2.58. The number of rotatable bonds is 2. The van der Waals surface area contributed by atoms with E-state index in [1.54, 1.807) is 0 Å². The molecule has 0 bridgehead atoms. The second-order valence-corrected chi connectivity index (χ2v) is 3.91. The van der Waals surface area contributed by atoms with Gasteiger partial charge < -0.3 is 5.32 Å². The molecule has 1 aromatic rings. The van der Waals surface area contributed by atoms with Gasteiger partial charge in [0.15, 0.2) is 0 Å². The van der Waals surface area contributed by atoms with E-state index in [0.717, 1.165) is 13.0 Å². The van der Waals surface area contributed by atoms with E-state index in [0.29, 0.717) is 0 Å². The Hall–Kier alpha value is -1.31. The van der Waals surface area contributed by atoms with Crippen LogP contribution in [0.1, 0.15) is 12.5 Å². The molecule has 1 aliphatic heterocycles. The normalized spacial score (nSPS) is 26.4. The molecular weight excluding hydrogens is 162 g/mol. The molecule has 0 aromatic heterocycles. The predicted octanol–water partition coefficient (Wildman–Crippen LogP) is 1.37. The molecule has 2 heteroatoms. The molecule has 2 rings (SSSR count). The Morgan fingerprint density at radius 2 is 2.08 bits per heavy atom. The van der Waals surface area contributed by atoms with Gasteiger partial charge in [-0.25, -0.2) is 0 Å². The predicted molar refractivity (Wildman–Crippen MR) is 51.3 cm³/mol. The van der Waals surface area contributed by atoms with Crippen LogP contribution in [0.3, 0.4) is 0 Å². The van der Waals surface area contributed by atoms with E-state index < -0.39 is 0 Å². The van der Waals surface area contributed by atoms with E-state index in [9.17, 15) is 4.79 Å². The minimum atomic E-state index is -0.165. The number of amides is 1. The molecule has 68 valence electrons. The smallest absolute Gasteiger partial charge is 0.228 e. The van der Waals surface area contributed by atoms with Gasteiger partial charge >= 0.3 is 0 Å². The molecule has 1 N–H and O–H groups in total. The summed E-state index contributed by atoms with van der Waals surface area (Å²) in [6, 6.07) is 10.1. The molecule has 1 amide bonds. The zero-order valence-electron chi connectivity index (χ0n) is 7.71. The molecule has 1 aromatic carbocycles. The number of carbonyl (C=O) groups excluding carboxylic acids is 1. The Bertz CT molecular complexity index is 320. The average Bonchev–Trinajstić information content (AvgIpc) is 2.17. The van der Waals surface area contributed by atoms with Gasteiger partial charge in [0.2, 0.25) is 5.91 Å². The second kappa shape index (κ2) is 2.87.